The average molecular weight is 358 g/mol. The summed E-state index contributed by atoms with van der Waals surface area (Å²) in [4.78, 5) is 9.35. The second-order valence-electron chi connectivity index (χ2n) is 6.87. The van der Waals surface area contributed by atoms with E-state index in [1.54, 1.807) is 0 Å². The molecule has 1 saturated heterocycles. The predicted molar refractivity (Wildman–Crippen MR) is 96.4 cm³/mol. The smallest absolute Gasteiger partial charge is 0.243 e. The van der Waals surface area contributed by atoms with E-state index in [1.807, 2.05) is 13.0 Å². The standard InChI is InChI=1S/C19H26N4O3/c1-3-18-20-19(26-21-18)14(2)23-8-6-22(7-9-23)13-15-4-5-16-17(12-15)25-11-10-24-16/h4-5,12,14H,3,6-11,13H2,1-2H3/t14-/m0/s1. The highest BCUT2D eigenvalue weighted by Crippen LogP contribution is 2.31. The Morgan fingerprint density at radius 2 is 1.85 bits per heavy atom. The fourth-order valence-corrected chi connectivity index (χ4v) is 3.49. The normalized spacial score (nSPS) is 19.5. The number of rotatable bonds is 5. The van der Waals surface area contributed by atoms with Gasteiger partial charge in [0, 0.05) is 39.1 Å². The van der Waals surface area contributed by atoms with Gasteiger partial charge in [-0.15, -0.1) is 0 Å². The maximum Gasteiger partial charge on any atom is 0.243 e. The van der Waals surface area contributed by atoms with Crippen molar-refractivity contribution < 1.29 is 14.0 Å². The van der Waals surface area contributed by atoms with E-state index in [0.29, 0.717) is 13.2 Å². The molecule has 7 nitrogen and oxygen atoms in total. The van der Waals surface area contributed by atoms with Gasteiger partial charge in [0.2, 0.25) is 5.89 Å². The van der Waals surface area contributed by atoms with E-state index in [9.17, 15) is 0 Å². The summed E-state index contributed by atoms with van der Waals surface area (Å²) in [5.41, 5.74) is 1.26. The fourth-order valence-electron chi connectivity index (χ4n) is 3.49. The van der Waals surface area contributed by atoms with Crippen molar-refractivity contribution >= 4 is 0 Å². The van der Waals surface area contributed by atoms with Crippen LogP contribution in [-0.4, -0.2) is 59.3 Å². The van der Waals surface area contributed by atoms with E-state index in [2.05, 4.69) is 39.0 Å². The number of benzene rings is 1. The van der Waals surface area contributed by atoms with Crippen molar-refractivity contribution in [3.8, 4) is 11.5 Å². The zero-order valence-corrected chi connectivity index (χ0v) is 15.5. The third-order valence-electron chi connectivity index (χ3n) is 5.12. The Morgan fingerprint density at radius 1 is 1.08 bits per heavy atom. The quantitative estimate of drug-likeness (QED) is 0.812. The van der Waals surface area contributed by atoms with Crippen molar-refractivity contribution in [3.05, 3.63) is 35.5 Å². The van der Waals surface area contributed by atoms with E-state index in [0.717, 1.165) is 62.4 Å². The topological polar surface area (TPSA) is 63.9 Å². The third kappa shape index (κ3) is 3.68. The van der Waals surface area contributed by atoms with Gasteiger partial charge in [0.15, 0.2) is 17.3 Å². The zero-order chi connectivity index (χ0) is 17.9. The maximum absolute atomic E-state index is 5.69. The Morgan fingerprint density at radius 3 is 2.58 bits per heavy atom. The van der Waals surface area contributed by atoms with E-state index in [1.165, 1.54) is 5.56 Å². The molecule has 1 atom stereocenters. The van der Waals surface area contributed by atoms with E-state index >= 15 is 0 Å². The molecule has 1 fully saturated rings. The van der Waals surface area contributed by atoms with Crippen molar-refractivity contribution in [1.82, 2.24) is 19.9 Å². The lowest BCUT2D eigenvalue weighted by molar-refractivity contribution is 0.0844. The van der Waals surface area contributed by atoms with Crippen LogP contribution < -0.4 is 9.47 Å². The molecule has 26 heavy (non-hydrogen) atoms. The van der Waals surface area contributed by atoms with Crippen LogP contribution >= 0.6 is 0 Å². The van der Waals surface area contributed by atoms with E-state index < -0.39 is 0 Å². The molecule has 0 unspecified atom stereocenters. The minimum absolute atomic E-state index is 0.166. The SMILES string of the molecule is CCc1noc([C@H](C)N2CCN(Cc3ccc4c(c3)OCCO4)CC2)n1. The van der Waals surface area contributed by atoms with Crippen LogP contribution in [0.5, 0.6) is 11.5 Å². The molecule has 140 valence electrons. The summed E-state index contributed by atoms with van der Waals surface area (Å²) in [7, 11) is 0. The van der Waals surface area contributed by atoms with Crippen LogP contribution in [0.15, 0.2) is 22.7 Å². The first kappa shape index (κ1) is 17.3. The van der Waals surface area contributed by atoms with Gasteiger partial charge in [-0.05, 0) is 24.6 Å². The summed E-state index contributed by atoms with van der Waals surface area (Å²) in [6, 6.07) is 6.42. The molecular weight excluding hydrogens is 332 g/mol. The molecule has 0 bridgehead atoms. The number of fused-ring (bicyclic) bond motifs is 1. The Balaban J connectivity index is 1.32. The average Bonchev–Trinajstić information content (AvgIpc) is 3.17. The maximum atomic E-state index is 5.69. The van der Waals surface area contributed by atoms with Gasteiger partial charge in [0.1, 0.15) is 13.2 Å². The molecule has 2 aliphatic rings. The van der Waals surface area contributed by atoms with Gasteiger partial charge in [-0.2, -0.15) is 4.98 Å². The van der Waals surface area contributed by atoms with Crippen molar-refractivity contribution in [2.45, 2.75) is 32.9 Å². The summed E-state index contributed by atoms with van der Waals surface area (Å²) in [5, 5.41) is 4.01. The number of hydrogen-bond acceptors (Lipinski definition) is 7. The molecule has 0 saturated carbocycles. The zero-order valence-electron chi connectivity index (χ0n) is 15.5. The highest BCUT2D eigenvalue weighted by molar-refractivity contribution is 5.43. The lowest BCUT2D eigenvalue weighted by Crippen LogP contribution is -2.46. The first-order chi connectivity index (χ1) is 12.7. The van der Waals surface area contributed by atoms with Crippen LogP contribution in [-0.2, 0) is 13.0 Å². The number of ether oxygens (including phenoxy) is 2. The minimum atomic E-state index is 0.166. The molecule has 3 heterocycles. The van der Waals surface area contributed by atoms with Gasteiger partial charge in [-0.3, -0.25) is 9.80 Å². The van der Waals surface area contributed by atoms with Crippen LogP contribution in [0.1, 0.15) is 37.2 Å². The first-order valence-corrected chi connectivity index (χ1v) is 9.40. The Kier molecular flexibility index (Phi) is 5.08. The number of nitrogens with zero attached hydrogens (tertiary/aromatic N) is 4. The number of aromatic nitrogens is 2. The summed E-state index contributed by atoms with van der Waals surface area (Å²) in [6.45, 7) is 10.4. The van der Waals surface area contributed by atoms with Crippen LogP contribution in [0.2, 0.25) is 0 Å². The second kappa shape index (κ2) is 7.63. The Bertz CT molecular complexity index is 740. The van der Waals surface area contributed by atoms with Crippen LogP contribution in [0.3, 0.4) is 0 Å². The Hall–Kier alpha value is -2.12. The van der Waals surface area contributed by atoms with Gasteiger partial charge < -0.3 is 14.0 Å². The minimum Gasteiger partial charge on any atom is -0.486 e. The molecule has 0 amide bonds. The highest BCUT2D eigenvalue weighted by Gasteiger charge is 2.26. The molecule has 4 rings (SSSR count). The predicted octanol–water partition coefficient (Wildman–Crippen LogP) is 2.28. The monoisotopic (exact) mass is 358 g/mol. The Labute approximate surface area is 153 Å². The van der Waals surface area contributed by atoms with Gasteiger partial charge in [0.25, 0.3) is 0 Å². The van der Waals surface area contributed by atoms with Crippen molar-refractivity contribution in [3.63, 3.8) is 0 Å². The summed E-state index contributed by atoms with van der Waals surface area (Å²) < 4.78 is 16.7. The molecule has 0 radical (unpaired) electrons. The largest absolute Gasteiger partial charge is 0.486 e. The highest BCUT2D eigenvalue weighted by atomic mass is 16.6. The molecule has 2 aliphatic heterocycles. The molecule has 1 aromatic heterocycles. The van der Waals surface area contributed by atoms with E-state index in [4.69, 9.17) is 14.0 Å². The third-order valence-corrected chi connectivity index (χ3v) is 5.12. The molecule has 1 aromatic carbocycles. The van der Waals surface area contributed by atoms with Crippen LogP contribution in [0.25, 0.3) is 0 Å². The lowest BCUT2D eigenvalue weighted by atomic mass is 10.1. The summed E-state index contributed by atoms with van der Waals surface area (Å²) in [5.74, 6) is 3.22. The molecule has 2 aromatic rings. The van der Waals surface area contributed by atoms with Gasteiger partial charge in [-0.1, -0.05) is 18.1 Å². The molecule has 0 N–H and O–H groups in total. The molecule has 7 heteroatoms. The summed E-state index contributed by atoms with van der Waals surface area (Å²) >= 11 is 0. The number of hydrogen-bond donors (Lipinski definition) is 0. The summed E-state index contributed by atoms with van der Waals surface area (Å²) in [6.07, 6.45) is 0.805. The lowest BCUT2D eigenvalue weighted by Gasteiger charge is -2.36. The van der Waals surface area contributed by atoms with E-state index in [-0.39, 0.29) is 6.04 Å². The van der Waals surface area contributed by atoms with Crippen molar-refractivity contribution in [2.75, 3.05) is 39.4 Å². The molecule has 0 spiro atoms. The van der Waals surface area contributed by atoms with Gasteiger partial charge in [-0.25, -0.2) is 0 Å². The first-order valence-electron chi connectivity index (χ1n) is 9.40. The fraction of sp³-hybridized carbons (Fsp3) is 0.579. The van der Waals surface area contributed by atoms with Crippen LogP contribution in [0, 0.1) is 0 Å². The van der Waals surface area contributed by atoms with Crippen LogP contribution in [0.4, 0.5) is 0 Å². The van der Waals surface area contributed by atoms with Gasteiger partial charge >= 0.3 is 0 Å². The second-order valence-corrected chi connectivity index (χ2v) is 6.87. The van der Waals surface area contributed by atoms with Gasteiger partial charge in [0.05, 0.1) is 6.04 Å². The van der Waals surface area contributed by atoms with Crippen molar-refractivity contribution in [2.24, 2.45) is 0 Å². The molecule has 0 aliphatic carbocycles. The van der Waals surface area contributed by atoms with Crippen molar-refractivity contribution in [1.29, 1.82) is 0 Å². The number of piperazine rings is 1. The number of aryl methyl sites for hydroxylation is 1. The molecular formula is C19H26N4O3.